The number of carbonyl (C=O) groups is 2. The van der Waals surface area contributed by atoms with Gasteiger partial charge in [-0.2, -0.15) is 0 Å². The van der Waals surface area contributed by atoms with Gasteiger partial charge in [-0.3, -0.25) is 9.59 Å². The number of hydrogen-bond acceptors (Lipinski definition) is 9. The van der Waals surface area contributed by atoms with Gasteiger partial charge in [0.15, 0.2) is 5.69 Å². The lowest BCUT2D eigenvalue weighted by molar-refractivity contribution is -0.157. The number of hydrogen-bond donors (Lipinski definition) is 0. The van der Waals surface area contributed by atoms with Crippen LogP contribution in [0.15, 0.2) is 12.4 Å². The molecule has 2 aliphatic heterocycles. The normalized spacial score (nSPS) is 23.8. The van der Waals surface area contributed by atoms with Gasteiger partial charge in [0.25, 0.3) is 5.91 Å². The summed E-state index contributed by atoms with van der Waals surface area (Å²) in [5, 5.41) is 4.01. The SMILES string of the molecule is CCOC(=O)[C@]12CCCN(C(=O)c3nnsc3C)C[C@H]1CN(c1ncc(C)cn1)C2. The van der Waals surface area contributed by atoms with Crippen molar-refractivity contribution in [2.24, 2.45) is 11.3 Å². The first kappa shape index (κ1) is 20.6. The molecule has 2 fully saturated rings. The van der Waals surface area contributed by atoms with E-state index in [1.165, 1.54) is 11.5 Å². The molecule has 2 aromatic heterocycles. The van der Waals surface area contributed by atoms with E-state index in [0.29, 0.717) is 50.8 Å². The molecule has 4 rings (SSSR count). The average molecular weight is 431 g/mol. The summed E-state index contributed by atoms with van der Waals surface area (Å²) in [4.78, 5) is 39.8. The van der Waals surface area contributed by atoms with Gasteiger partial charge in [0.05, 0.1) is 16.9 Å². The second kappa shape index (κ2) is 8.25. The topological polar surface area (TPSA) is 101 Å². The maximum Gasteiger partial charge on any atom is 0.314 e. The lowest BCUT2D eigenvalue weighted by Crippen LogP contribution is -2.43. The molecule has 0 N–H and O–H groups in total. The molecule has 30 heavy (non-hydrogen) atoms. The van der Waals surface area contributed by atoms with Crippen LogP contribution in [0.1, 0.15) is 40.7 Å². The smallest absolute Gasteiger partial charge is 0.314 e. The number of likely N-dealkylation sites (tertiary alicyclic amines) is 1. The summed E-state index contributed by atoms with van der Waals surface area (Å²) in [6.07, 6.45) is 4.94. The quantitative estimate of drug-likeness (QED) is 0.678. The first-order chi connectivity index (χ1) is 14.4. The molecule has 1 amide bonds. The van der Waals surface area contributed by atoms with Crippen LogP contribution in [0.3, 0.4) is 0 Å². The highest BCUT2D eigenvalue weighted by molar-refractivity contribution is 7.05. The Labute approximate surface area is 179 Å². The third-order valence-corrected chi connectivity index (χ3v) is 6.69. The summed E-state index contributed by atoms with van der Waals surface area (Å²) >= 11 is 1.22. The highest BCUT2D eigenvalue weighted by Gasteiger charge is 2.55. The van der Waals surface area contributed by atoms with Crippen molar-refractivity contribution in [3.8, 4) is 0 Å². The summed E-state index contributed by atoms with van der Waals surface area (Å²) in [5.41, 5.74) is 0.714. The molecule has 10 heteroatoms. The first-order valence-corrected chi connectivity index (χ1v) is 11.0. The van der Waals surface area contributed by atoms with Crippen LogP contribution in [0.4, 0.5) is 5.95 Å². The third kappa shape index (κ3) is 3.64. The Morgan fingerprint density at radius 3 is 2.70 bits per heavy atom. The number of amides is 1. The van der Waals surface area contributed by atoms with Gasteiger partial charge in [0.2, 0.25) is 5.95 Å². The number of aryl methyl sites for hydroxylation is 2. The fourth-order valence-electron chi connectivity index (χ4n) is 4.51. The lowest BCUT2D eigenvalue weighted by Gasteiger charge is -2.31. The fraction of sp³-hybridized carbons (Fsp3) is 0.600. The van der Waals surface area contributed by atoms with Gasteiger partial charge in [0, 0.05) is 44.5 Å². The molecule has 0 spiro atoms. The van der Waals surface area contributed by atoms with Gasteiger partial charge >= 0.3 is 5.97 Å². The Kier molecular flexibility index (Phi) is 5.68. The minimum absolute atomic E-state index is 0.0696. The van der Waals surface area contributed by atoms with E-state index in [4.69, 9.17) is 4.74 Å². The van der Waals surface area contributed by atoms with Crippen molar-refractivity contribution >= 4 is 29.4 Å². The molecule has 2 saturated heterocycles. The van der Waals surface area contributed by atoms with E-state index in [0.717, 1.165) is 16.9 Å². The second-order valence-corrected chi connectivity index (χ2v) is 9.01. The maximum absolute atomic E-state index is 13.1. The van der Waals surface area contributed by atoms with Crippen molar-refractivity contribution in [3.05, 3.63) is 28.5 Å². The molecule has 0 bridgehead atoms. The number of esters is 1. The molecule has 0 saturated carbocycles. The Morgan fingerprint density at radius 1 is 1.27 bits per heavy atom. The molecule has 0 aliphatic carbocycles. The van der Waals surface area contributed by atoms with Crippen LogP contribution in [0.25, 0.3) is 0 Å². The van der Waals surface area contributed by atoms with Crippen molar-refractivity contribution in [1.29, 1.82) is 0 Å². The molecule has 9 nitrogen and oxygen atoms in total. The molecule has 4 heterocycles. The molecule has 160 valence electrons. The van der Waals surface area contributed by atoms with Crippen LogP contribution in [0, 0.1) is 25.2 Å². The van der Waals surface area contributed by atoms with E-state index in [-0.39, 0.29) is 17.8 Å². The van der Waals surface area contributed by atoms with Crippen LogP contribution in [0.2, 0.25) is 0 Å². The number of fused-ring (bicyclic) bond motifs is 1. The zero-order chi connectivity index (χ0) is 21.3. The van der Waals surface area contributed by atoms with Crippen molar-refractivity contribution in [3.63, 3.8) is 0 Å². The van der Waals surface area contributed by atoms with Crippen LogP contribution < -0.4 is 4.90 Å². The number of ether oxygens (including phenoxy) is 1. The first-order valence-electron chi connectivity index (χ1n) is 10.2. The van der Waals surface area contributed by atoms with Gasteiger partial charge in [-0.25, -0.2) is 9.97 Å². The number of aromatic nitrogens is 4. The van der Waals surface area contributed by atoms with Gasteiger partial charge < -0.3 is 14.5 Å². The summed E-state index contributed by atoms with van der Waals surface area (Å²) in [6.45, 7) is 8.11. The summed E-state index contributed by atoms with van der Waals surface area (Å²) in [5.74, 6) is 0.228. The minimum atomic E-state index is -0.672. The predicted octanol–water partition coefficient (Wildman–Crippen LogP) is 1.87. The summed E-state index contributed by atoms with van der Waals surface area (Å²) < 4.78 is 9.40. The van der Waals surface area contributed by atoms with Gasteiger partial charge in [-0.15, -0.1) is 5.10 Å². The Morgan fingerprint density at radius 2 is 2.03 bits per heavy atom. The van der Waals surface area contributed by atoms with Crippen molar-refractivity contribution in [2.75, 3.05) is 37.7 Å². The number of anilines is 1. The van der Waals surface area contributed by atoms with E-state index in [1.807, 2.05) is 30.6 Å². The molecule has 0 aromatic carbocycles. The lowest BCUT2D eigenvalue weighted by atomic mass is 9.75. The summed E-state index contributed by atoms with van der Waals surface area (Å²) in [7, 11) is 0. The van der Waals surface area contributed by atoms with E-state index < -0.39 is 5.41 Å². The molecule has 2 aliphatic rings. The van der Waals surface area contributed by atoms with Crippen molar-refractivity contribution < 1.29 is 14.3 Å². The van der Waals surface area contributed by atoms with Crippen LogP contribution in [-0.4, -0.2) is 69.1 Å². The monoisotopic (exact) mass is 430 g/mol. The van der Waals surface area contributed by atoms with Crippen LogP contribution in [-0.2, 0) is 9.53 Å². The largest absolute Gasteiger partial charge is 0.466 e. The maximum atomic E-state index is 13.1. The van der Waals surface area contributed by atoms with Crippen molar-refractivity contribution in [1.82, 2.24) is 24.5 Å². The van der Waals surface area contributed by atoms with E-state index in [9.17, 15) is 9.59 Å². The number of rotatable bonds is 4. The highest BCUT2D eigenvalue weighted by Crippen LogP contribution is 2.44. The average Bonchev–Trinajstić information content (AvgIpc) is 3.27. The zero-order valence-corrected chi connectivity index (χ0v) is 18.3. The fourth-order valence-corrected chi connectivity index (χ4v) is 4.97. The highest BCUT2D eigenvalue weighted by atomic mass is 32.1. The van der Waals surface area contributed by atoms with E-state index in [2.05, 4.69) is 19.6 Å². The molecule has 2 aromatic rings. The van der Waals surface area contributed by atoms with Crippen LogP contribution in [0.5, 0.6) is 0 Å². The zero-order valence-electron chi connectivity index (χ0n) is 17.5. The minimum Gasteiger partial charge on any atom is -0.466 e. The molecular formula is C20H26N6O3S. The van der Waals surface area contributed by atoms with Crippen molar-refractivity contribution in [2.45, 2.75) is 33.6 Å². The number of nitrogens with zero attached hydrogens (tertiary/aromatic N) is 6. The Balaban J connectivity index is 1.63. The predicted molar refractivity (Wildman–Crippen MR) is 111 cm³/mol. The van der Waals surface area contributed by atoms with E-state index >= 15 is 0 Å². The van der Waals surface area contributed by atoms with Gasteiger partial charge in [-0.1, -0.05) is 4.49 Å². The third-order valence-electron chi connectivity index (χ3n) is 6.06. The van der Waals surface area contributed by atoms with Gasteiger partial charge in [-0.05, 0) is 50.7 Å². The molecule has 0 unspecified atom stereocenters. The summed E-state index contributed by atoms with van der Waals surface area (Å²) in [6, 6.07) is 0. The van der Waals surface area contributed by atoms with E-state index in [1.54, 1.807) is 12.4 Å². The van der Waals surface area contributed by atoms with Crippen LogP contribution >= 0.6 is 11.5 Å². The number of carbonyl (C=O) groups excluding carboxylic acids is 2. The molecular weight excluding hydrogens is 404 g/mol. The molecule has 0 radical (unpaired) electrons. The Bertz CT molecular complexity index is 933. The molecule has 2 atom stereocenters. The van der Waals surface area contributed by atoms with Gasteiger partial charge in [0.1, 0.15) is 0 Å². The second-order valence-electron chi connectivity index (χ2n) is 8.05. The standard InChI is InChI=1S/C20H26N6O3S/c1-4-29-18(28)20-6-5-7-25(17(27)16-14(3)30-24-23-16)10-15(20)11-26(12-20)19-21-8-13(2)9-22-19/h8-9,15H,4-7,10-12H2,1-3H3/t15-,20-/m0/s1. The Hall–Kier alpha value is -2.62.